The van der Waals surface area contributed by atoms with Crippen molar-refractivity contribution >= 4 is 6.08 Å². The molecule has 0 aromatic carbocycles. The van der Waals surface area contributed by atoms with Gasteiger partial charge in [0, 0.05) is 17.9 Å². The molecular formula is C10H13NO2. The number of methoxy groups -OCH3 is 1. The van der Waals surface area contributed by atoms with Crippen molar-refractivity contribution in [2.75, 3.05) is 7.11 Å². The van der Waals surface area contributed by atoms with Gasteiger partial charge >= 0.3 is 0 Å². The fourth-order valence-corrected chi connectivity index (χ4v) is 1.68. The number of ether oxygens (including phenoxy) is 1. The van der Waals surface area contributed by atoms with Crippen LogP contribution in [0, 0.1) is 6.92 Å². The molecule has 0 radical (unpaired) electrons. The molecule has 0 saturated carbocycles. The van der Waals surface area contributed by atoms with E-state index in [2.05, 4.69) is 12.1 Å². The van der Waals surface area contributed by atoms with Crippen LogP contribution in [0.1, 0.15) is 36.3 Å². The first-order valence-electron chi connectivity index (χ1n) is 4.43. The van der Waals surface area contributed by atoms with Gasteiger partial charge in [-0.15, -0.1) is 0 Å². The third kappa shape index (κ3) is 1.24. The summed E-state index contributed by atoms with van der Waals surface area (Å²) in [5.41, 5.74) is 2.03. The maximum atomic E-state index is 5.24. The second-order valence-electron chi connectivity index (χ2n) is 3.47. The van der Waals surface area contributed by atoms with Crippen molar-refractivity contribution in [2.45, 2.75) is 26.2 Å². The topological polar surface area (TPSA) is 35.3 Å². The monoisotopic (exact) mass is 179 g/mol. The Balaban J connectivity index is 2.49. The number of allylic oxidation sites excluding steroid dienone is 1. The largest absolute Gasteiger partial charge is 0.501 e. The molecule has 1 aliphatic carbocycles. The molecule has 3 nitrogen and oxygen atoms in total. The summed E-state index contributed by atoms with van der Waals surface area (Å²) in [6.45, 7) is 4.07. The third-order valence-corrected chi connectivity index (χ3v) is 2.46. The number of aryl methyl sites for hydroxylation is 1. The molecule has 1 unspecified atom stereocenters. The van der Waals surface area contributed by atoms with E-state index in [0.717, 1.165) is 29.2 Å². The van der Waals surface area contributed by atoms with Gasteiger partial charge in [-0.05, 0) is 13.0 Å². The lowest BCUT2D eigenvalue weighted by molar-refractivity contribution is 0.264. The lowest BCUT2D eigenvalue weighted by Gasteiger charge is -2.16. The minimum Gasteiger partial charge on any atom is -0.501 e. The van der Waals surface area contributed by atoms with E-state index < -0.39 is 0 Å². The van der Waals surface area contributed by atoms with Crippen molar-refractivity contribution in [3.8, 4) is 0 Å². The Morgan fingerprint density at radius 3 is 3.08 bits per heavy atom. The maximum absolute atomic E-state index is 5.24. The van der Waals surface area contributed by atoms with Crippen LogP contribution in [0.15, 0.2) is 10.3 Å². The van der Waals surface area contributed by atoms with Gasteiger partial charge in [0.15, 0.2) is 0 Å². The lowest BCUT2D eigenvalue weighted by atomic mass is 9.93. The highest BCUT2D eigenvalue weighted by atomic mass is 16.5. The predicted octanol–water partition coefficient (Wildman–Crippen LogP) is 2.48. The zero-order valence-electron chi connectivity index (χ0n) is 8.13. The molecule has 1 aromatic heterocycles. The molecule has 0 spiro atoms. The first-order chi connectivity index (χ1) is 6.22. The Bertz CT molecular complexity index is 352. The van der Waals surface area contributed by atoms with Gasteiger partial charge < -0.3 is 9.26 Å². The quantitative estimate of drug-likeness (QED) is 0.664. The van der Waals surface area contributed by atoms with Gasteiger partial charge in [0.2, 0.25) is 0 Å². The second-order valence-corrected chi connectivity index (χ2v) is 3.47. The first kappa shape index (κ1) is 8.35. The molecule has 0 bridgehead atoms. The molecule has 0 amide bonds. The predicted molar refractivity (Wildman–Crippen MR) is 49.3 cm³/mol. The first-order valence-corrected chi connectivity index (χ1v) is 4.43. The van der Waals surface area contributed by atoms with E-state index in [1.54, 1.807) is 7.11 Å². The van der Waals surface area contributed by atoms with Crippen molar-refractivity contribution in [2.24, 2.45) is 0 Å². The molecule has 13 heavy (non-hydrogen) atoms. The summed E-state index contributed by atoms with van der Waals surface area (Å²) in [4.78, 5) is 0. The Hall–Kier alpha value is -1.25. The highest BCUT2D eigenvalue weighted by Gasteiger charge is 2.24. The minimum absolute atomic E-state index is 0.371. The average molecular weight is 179 g/mol. The normalized spacial score (nSPS) is 20.8. The summed E-state index contributed by atoms with van der Waals surface area (Å²) in [6, 6.07) is 0. The van der Waals surface area contributed by atoms with Crippen molar-refractivity contribution in [1.82, 2.24) is 5.16 Å². The molecule has 0 saturated heterocycles. The fraction of sp³-hybridized carbons (Fsp3) is 0.500. The van der Waals surface area contributed by atoms with Crippen LogP contribution in [-0.4, -0.2) is 12.3 Å². The summed E-state index contributed by atoms with van der Waals surface area (Å²) in [5, 5.41) is 3.94. The minimum atomic E-state index is 0.371. The van der Waals surface area contributed by atoms with Crippen LogP contribution in [0.3, 0.4) is 0 Å². The molecular weight excluding hydrogens is 166 g/mol. The van der Waals surface area contributed by atoms with Crippen LogP contribution in [0.25, 0.3) is 6.08 Å². The number of hydrogen-bond acceptors (Lipinski definition) is 3. The number of fused-ring (bicyclic) bond motifs is 1. The Kier molecular flexibility index (Phi) is 1.87. The van der Waals surface area contributed by atoms with E-state index in [1.807, 2.05) is 13.0 Å². The molecule has 0 fully saturated rings. The van der Waals surface area contributed by atoms with Crippen LogP contribution < -0.4 is 0 Å². The number of nitrogens with zero attached hydrogens (tertiary/aromatic N) is 1. The molecule has 0 aliphatic heterocycles. The van der Waals surface area contributed by atoms with E-state index in [9.17, 15) is 0 Å². The highest BCUT2D eigenvalue weighted by molar-refractivity contribution is 5.58. The molecule has 1 aliphatic rings. The van der Waals surface area contributed by atoms with Gasteiger partial charge in [-0.2, -0.15) is 0 Å². The van der Waals surface area contributed by atoms with E-state index in [-0.39, 0.29) is 0 Å². The van der Waals surface area contributed by atoms with Crippen molar-refractivity contribution in [3.63, 3.8) is 0 Å². The summed E-state index contributed by atoms with van der Waals surface area (Å²) in [6.07, 6.45) is 2.92. The van der Waals surface area contributed by atoms with Gasteiger partial charge in [-0.1, -0.05) is 12.1 Å². The molecule has 0 N–H and O–H groups in total. The molecule has 1 atom stereocenters. The summed E-state index contributed by atoms with van der Waals surface area (Å²) >= 11 is 0. The SMILES string of the molecule is COC1=Cc2c(C)noc2C(C)C1. The third-order valence-electron chi connectivity index (χ3n) is 2.46. The van der Waals surface area contributed by atoms with Crippen LogP contribution in [-0.2, 0) is 4.74 Å². The van der Waals surface area contributed by atoms with Gasteiger partial charge in [0.05, 0.1) is 18.6 Å². The van der Waals surface area contributed by atoms with Crippen molar-refractivity contribution in [3.05, 3.63) is 22.8 Å². The molecule has 1 heterocycles. The number of hydrogen-bond donors (Lipinski definition) is 0. The van der Waals surface area contributed by atoms with Gasteiger partial charge in [-0.3, -0.25) is 0 Å². The van der Waals surface area contributed by atoms with E-state index in [4.69, 9.17) is 9.26 Å². The second kappa shape index (κ2) is 2.91. The lowest BCUT2D eigenvalue weighted by Crippen LogP contribution is -2.03. The Morgan fingerprint density at radius 2 is 2.38 bits per heavy atom. The van der Waals surface area contributed by atoms with Gasteiger partial charge in [0.1, 0.15) is 5.76 Å². The van der Waals surface area contributed by atoms with E-state index in [0.29, 0.717) is 5.92 Å². The fourth-order valence-electron chi connectivity index (χ4n) is 1.68. The van der Waals surface area contributed by atoms with Crippen molar-refractivity contribution in [1.29, 1.82) is 0 Å². The summed E-state index contributed by atoms with van der Waals surface area (Å²) in [7, 11) is 1.70. The maximum Gasteiger partial charge on any atom is 0.147 e. The van der Waals surface area contributed by atoms with Gasteiger partial charge in [0.25, 0.3) is 0 Å². The zero-order chi connectivity index (χ0) is 9.42. The number of rotatable bonds is 1. The summed E-state index contributed by atoms with van der Waals surface area (Å²) in [5.74, 6) is 2.36. The standard InChI is InChI=1S/C10H13NO2/c1-6-4-8(12-3)5-9-7(2)11-13-10(6)9/h5-6H,4H2,1-3H3. The zero-order valence-corrected chi connectivity index (χ0v) is 8.13. The molecule has 3 heteroatoms. The summed E-state index contributed by atoms with van der Waals surface area (Å²) < 4.78 is 10.5. The van der Waals surface area contributed by atoms with E-state index in [1.165, 1.54) is 0 Å². The average Bonchev–Trinajstić information content (AvgIpc) is 2.48. The molecule has 2 rings (SSSR count). The number of aromatic nitrogens is 1. The van der Waals surface area contributed by atoms with Gasteiger partial charge in [-0.25, -0.2) is 0 Å². The van der Waals surface area contributed by atoms with E-state index >= 15 is 0 Å². The van der Waals surface area contributed by atoms with Crippen LogP contribution in [0.4, 0.5) is 0 Å². The highest BCUT2D eigenvalue weighted by Crippen LogP contribution is 2.34. The van der Waals surface area contributed by atoms with Crippen molar-refractivity contribution < 1.29 is 9.26 Å². The smallest absolute Gasteiger partial charge is 0.147 e. The molecule has 1 aromatic rings. The van der Waals surface area contributed by atoms with Crippen LogP contribution in [0.2, 0.25) is 0 Å². The van der Waals surface area contributed by atoms with Crippen LogP contribution in [0.5, 0.6) is 0 Å². The van der Waals surface area contributed by atoms with Crippen LogP contribution >= 0.6 is 0 Å². The Labute approximate surface area is 77.4 Å². The Morgan fingerprint density at radius 1 is 1.62 bits per heavy atom. The molecule has 70 valence electrons.